The minimum atomic E-state index is -0.875. The van der Waals surface area contributed by atoms with E-state index in [9.17, 15) is 9.59 Å². The van der Waals surface area contributed by atoms with Crippen molar-refractivity contribution in [2.45, 2.75) is 32.7 Å². The smallest absolute Gasteiger partial charge is 0.308 e. The first kappa shape index (κ1) is 16.6. The standard InChI is InChI=1S/C18H20N2O3S/c1-11(18(22)23)9-20(15-6-7-15)17(21)14-5-3-4-13(8-14)16-10-24-12(2)19-16/h3-5,8,10-11,15H,6-7,9H2,1-2H3,(H,22,23)/t11-/m1/s1. The second kappa shape index (κ2) is 6.73. The molecular formula is C18H20N2O3S. The monoisotopic (exact) mass is 344 g/mol. The topological polar surface area (TPSA) is 70.5 Å². The number of carbonyl (C=O) groups is 2. The largest absolute Gasteiger partial charge is 0.481 e. The maximum atomic E-state index is 12.9. The molecule has 1 aromatic carbocycles. The first-order valence-corrected chi connectivity index (χ1v) is 8.90. The molecule has 0 unspecified atom stereocenters. The summed E-state index contributed by atoms with van der Waals surface area (Å²) in [6.45, 7) is 3.84. The highest BCUT2D eigenvalue weighted by atomic mass is 32.1. The van der Waals surface area contributed by atoms with Gasteiger partial charge in [-0.3, -0.25) is 9.59 Å². The van der Waals surface area contributed by atoms with E-state index < -0.39 is 11.9 Å². The molecule has 1 N–H and O–H groups in total. The number of carboxylic acids is 1. The zero-order valence-electron chi connectivity index (χ0n) is 13.7. The number of amides is 1. The van der Waals surface area contributed by atoms with E-state index in [0.29, 0.717) is 5.56 Å². The summed E-state index contributed by atoms with van der Waals surface area (Å²) in [5.74, 6) is -1.54. The van der Waals surface area contributed by atoms with E-state index in [1.807, 2.05) is 30.5 Å². The summed E-state index contributed by atoms with van der Waals surface area (Å²) in [6, 6.07) is 7.59. The molecule has 1 saturated carbocycles. The summed E-state index contributed by atoms with van der Waals surface area (Å²) in [4.78, 5) is 30.2. The van der Waals surface area contributed by atoms with Gasteiger partial charge in [-0.1, -0.05) is 19.1 Å². The first-order valence-electron chi connectivity index (χ1n) is 8.02. The fourth-order valence-corrected chi connectivity index (χ4v) is 3.25. The van der Waals surface area contributed by atoms with Crippen molar-refractivity contribution in [1.82, 2.24) is 9.88 Å². The minimum Gasteiger partial charge on any atom is -0.481 e. The molecule has 0 bridgehead atoms. The SMILES string of the molecule is Cc1nc(-c2cccc(C(=O)N(C[C@@H](C)C(=O)O)C3CC3)c2)cs1. The molecule has 3 rings (SSSR count). The Morgan fingerprint density at radius 2 is 2.17 bits per heavy atom. The lowest BCUT2D eigenvalue weighted by molar-refractivity contribution is -0.141. The maximum absolute atomic E-state index is 12.9. The molecule has 126 valence electrons. The van der Waals surface area contributed by atoms with Crippen molar-refractivity contribution >= 4 is 23.2 Å². The number of carbonyl (C=O) groups excluding carboxylic acids is 1. The third-order valence-electron chi connectivity index (χ3n) is 4.16. The Balaban J connectivity index is 1.84. The third kappa shape index (κ3) is 3.64. The summed E-state index contributed by atoms with van der Waals surface area (Å²) in [5, 5.41) is 12.1. The first-order chi connectivity index (χ1) is 11.5. The molecule has 1 heterocycles. The van der Waals surface area contributed by atoms with E-state index in [1.165, 1.54) is 0 Å². The average molecular weight is 344 g/mol. The van der Waals surface area contributed by atoms with Crippen LogP contribution < -0.4 is 0 Å². The van der Waals surface area contributed by atoms with Crippen molar-refractivity contribution in [3.05, 3.63) is 40.2 Å². The fraction of sp³-hybridized carbons (Fsp3) is 0.389. The molecule has 1 aromatic heterocycles. The van der Waals surface area contributed by atoms with E-state index in [-0.39, 0.29) is 18.5 Å². The molecule has 24 heavy (non-hydrogen) atoms. The van der Waals surface area contributed by atoms with Crippen molar-refractivity contribution in [3.63, 3.8) is 0 Å². The molecule has 1 aliphatic rings. The molecule has 0 aliphatic heterocycles. The Kier molecular flexibility index (Phi) is 4.66. The van der Waals surface area contributed by atoms with Crippen LogP contribution in [-0.4, -0.2) is 39.5 Å². The highest BCUT2D eigenvalue weighted by Gasteiger charge is 2.35. The fourth-order valence-electron chi connectivity index (χ4n) is 2.63. The van der Waals surface area contributed by atoms with Gasteiger partial charge in [0.05, 0.1) is 16.6 Å². The summed E-state index contributed by atoms with van der Waals surface area (Å²) in [5.41, 5.74) is 2.36. The molecule has 1 atom stereocenters. The molecule has 1 aliphatic carbocycles. The van der Waals surface area contributed by atoms with E-state index in [1.54, 1.807) is 29.2 Å². The maximum Gasteiger partial charge on any atom is 0.308 e. The molecule has 2 aromatic rings. The Hall–Kier alpha value is -2.21. The van der Waals surface area contributed by atoms with Gasteiger partial charge in [0.15, 0.2) is 0 Å². The third-order valence-corrected chi connectivity index (χ3v) is 4.94. The molecule has 1 amide bonds. The van der Waals surface area contributed by atoms with Crippen molar-refractivity contribution in [2.75, 3.05) is 6.54 Å². The van der Waals surface area contributed by atoms with Crippen LogP contribution in [0.4, 0.5) is 0 Å². The second-order valence-electron chi connectivity index (χ2n) is 6.26. The highest BCUT2D eigenvalue weighted by molar-refractivity contribution is 7.09. The van der Waals surface area contributed by atoms with E-state index in [4.69, 9.17) is 5.11 Å². The molecule has 1 fully saturated rings. The Morgan fingerprint density at radius 3 is 2.75 bits per heavy atom. The predicted octanol–water partition coefficient (Wildman–Crippen LogP) is 3.44. The van der Waals surface area contributed by atoms with Gasteiger partial charge in [0.2, 0.25) is 0 Å². The summed E-state index contributed by atoms with van der Waals surface area (Å²) >= 11 is 1.57. The average Bonchev–Trinajstić information content (AvgIpc) is 3.32. The van der Waals surface area contributed by atoms with E-state index in [2.05, 4.69) is 4.98 Å². The number of hydrogen-bond acceptors (Lipinski definition) is 4. The second-order valence-corrected chi connectivity index (χ2v) is 7.32. The zero-order valence-corrected chi connectivity index (χ0v) is 14.5. The van der Waals surface area contributed by atoms with Crippen LogP contribution in [0.25, 0.3) is 11.3 Å². The van der Waals surface area contributed by atoms with Gasteiger partial charge in [-0.15, -0.1) is 11.3 Å². The van der Waals surface area contributed by atoms with Crippen LogP contribution in [0.2, 0.25) is 0 Å². The van der Waals surface area contributed by atoms with Crippen LogP contribution in [0.3, 0.4) is 0 Å². The van der Waals surface area contributed by atoms with Gasteiger partial charge >= 0.3 is 5.97 Å². The number of aliphatic carboxylic acids is 1. The Morgan fingerprint density at radius 1 is 1.42 bits per heavy atom. The highest BCUT2D eigenvalue weighted by Crippen LogP contribution is 2.30. The van der Waals surface area contributed by atoms with Crippen LogP contribution in [-0.2, 0) is 4.79 Å². The Labute approximate surface area is 145 Å². The Bertz CT molecular complexity index is 767. The van der Waals surface area contributed by atoms with Gasteiger partial charge in [0.25, 0.3) is 5.91 Å². The molecule has 0 radical (unpaired) electrons. The van der Waals surface area contributed by atoms with Crippen molar-refractivity contribution in [2.24, 2.45) is 5.92 Å². The summed E-state index contributed by atoms with van der Waals surface area (Å²) < 4.78 is 0. The number of aromatic nitrogens is 1. The number of benzene rings is 1. The normalized spacial score (nSPS) is 15.1. The molecule has 0 saturated heterocycles. The van der Waals surface area contributed by atoms with Crippen LogP contribution in [0, 0.1) is 12.8 Å². The van der Waals surface area contributed by atoms with Crippen LogP contribution in [0.1, 0.15) is 35.1 Å². The van der Waals surface area contributed by atoms with Gasteiger partial charge in [0.1, 0.15) is 0 Å². The van der Waals surface area contributed by atoms with Gasteiger partial charge in [-0.05, 0) is 31.9 Å². The van der Waals surface area contributed by atoms with Crippen molar-refractivity contribution in [3.8, 4) is 11.3 Å². The number of thiazole rings is 1. The molecular weight excluding hydrogens is 324 g/mol. The summed E-state index contributed by atoms with van der Waals surface area (Å²) in [6.07, 6.45) is 1.89. The zero-order chi connectivity index (χ0) is 17.3. The van der Waals surface area contributed by atoms with Crippen molar-refractivity contribution < 1.29 is 14.7 Å². The lowest BCUT2D eigenvalue weighted by Crippen LogP contribution is -2.38. The van der Waals surface area contributed by atoms with Gasteiger partial charge in [-0.2, -0.15) is 0 Å². The van der Waals surface area contributed by atoms with Gasteiger partial charge in [-0.25, -0.2) is 4.98 Å². The molecule has 0 spiro atoms. The number of aryl methyl sites for hydroxylation is 1. The predicted molar refractivity (Wildman–Crippen MR) is 93.1 cm³/mol. The number of rotatable bonds is 6. The summed E-state index contributed by atoms with van der Waals surface area (Å²) in [7, 11) is 0. The van der Waals surface area contributed by atoms with Gasteiger partial charge < -0.3 is 10.0 Å². The van der Waals surface area contributed by atoms with E-state index >= 15 is 0 Å². The minimum absolute atomic E-state index is 0.0978. The van der Waals surface area contributed by atoms with Crippen LogP contribution in [0.15, 0.2) is 29.6 Å². The lowest BCUT2D eigenvalue weighted by Gasteiger charge is -2.24. The quantitative estimate of drug-likeness (QED) is 0.871. The van der Waals surface area contributed by atoms with Gasteiger partial charge in [0, 0.05) is 29.1 Å². The van der Waals surface area contributed by atoms with Crippen molar-refractivity contribution in [1.29, 1.82) is 0 Å². The number of hydrogen-bond donors (Lipinski definition) is 1. The molecule has 5 nitrogen and oxygen atoms in total. The molecule has 6 heteroatoms. The van der Waals surface area contributed by atoms with E-state index in [0.717, 1.165) is 29.1 Å². The number of nitrogens with zero attached hydrogens (tertiary/aromatic N) is 2. The van der Waals surface area contributed by atoms with Crippen LogP contribution in [0.5, 0.6) is 0 Å². The lowest BCUT2D eigenvalue weighted by atomic mass is 10.1. The number of carboxylic acid groups (broad SMARTS) is 1. The van der Waals surface area contributed by atoms with Crippen LogP contribution >= 0.6 is 11.3 Å².